The smallest absolute Gasteiger partial charge is 0.224 e. The Labute approximate surface area is 114 Å². The average molecular weight is 266 g/mol. The van der Waals surface area contributed by atoms with Crippen molar-refractivity contribution < 1.29 is 4.79 Å². The van der Waals surface area contributed by atoms with Gasteiger partial charge >= 0.3 is 0 Å². The molecule has 3 nitrogen and oxygen atoms in total. The summed E-state index contributed by atoms with van der Waals surface area (Å²) in [6, 6.07) is 8.51. The van der Waals surface area contributed by atoms with Crippen molar-refractivity contribution in [2.24, 2.45) is 11.7 Å². The number of amides is 1. The molecule has 0 saturated carbocycles. The van der Waals surface area contributed by atoms with Crippen LogP contribution in [0, 0.1) is 5.92 Å². The highest BCUT2D eigenvalue weighted by Gasteiger charge is 2.09. The zero-order valence-corrected chi connectivity index (χ0v) is 11.9. The molecular formula is C14H22N2OS. The van der Waals surface area contributed by atoms with E-state index in [4.69, 9.17) is 5.73 Å². The number of hydrogen-bond acceptors (Lipinski definition) is 3. The van der Waals surface area contributed by atoms with Crippen molar-refractivity contribution in [3.63, 3.8) is 0 Å². The first kappa shape index (κ1) is 15.1. The molecule has 0 aromatic heterocycles. The van der Waals surface area contributed by atoms with E-state index in [-0.39, 0.29) is 11.8 Å². The maximum Gasteiger partial charge on any atom is 0.224 e. The van der Waals surface area contributed by atoms with Gasteiger partial charge < -0.3 is 11.1 Å². The SMILES string of the molecule is CCSc1ccc(CCNC(=O)C(C)CN)cc1. The summed E-state index contributed by atoms with van der Waals surface area (Å²) in [7, 11) is 0. The number of hydrogen-bond donors (Lipinski definition) is 2. The molecule has 1 atom stereocenters. The largest absolute Gasteiger partial charge is 0.355 e. The predicted molar refractivity (Wildman–Crippen MR) is 77.8 cm³/mol. The van der Waals surface area contributed by atoms with E-state index in [2.05, 4.69) is 36.5 Å². The van der Waals surface area contributed by atoms with E-state index in [0.29, 0.717) is 13.1 Å². The minimum absolute atomic E-state index is 0.0376. The Kier molecular flexibility index (Phi) is 6.83. The van der Waals surface area contributed by atoms with Crippen LogP contribution in [0.4, 0.5) is 0 Å². The van der Waals surface area contributed by atoms with Crippen LogP contribution in [-0.4, -0.2) is 24.7 Å². The molecule has 0 radical (unpaired) electrons. The van der Waals surface area contributed by atoms with E-state index < -0.39 is 0 Å². The molecule has 18 heavy (non-hydrogen) atoms. The average Bonchev–Trinajstić information content (AvgIpc) is 2.40. The normalized spacial score (nSPS) is 12.2. The highest BCUT2D eigenvalue weighted by molar-refractivity contribution is 7.99. The number of nitrogens with two attached hydrogens (primary N) is 1. The first-order valence-electron chi connectivity index (χ1n) is 6.37. The first-order valence-corrected chi connectivity index (χ1v) is 7.35. The third kappa shape index (κ3) is 5.10. The summed E-state index contributed by atoms with van der Waals surface area (Å²) in [5, 5.41) is 2.90. The third-order valence-corrected chi connectivity index (χ3v) is 3.64. The molecule has 3 N–H and O–H groups in total. The second-order valence-electron chi connectivity index (χ2n) is 4.25. The summed E-state index contributed by atoms with van der Waals surface area (Å²) in [4.78, 5) is 12.8. The fourth-order valence-corrected chi connectivity index (χ4v) is 2.19. The van der Waals surface area contributed by atoms with Crippen molar-refractivity contribution in [3.05, 3.63) is 29.8 Å². The quantitative estimate of drug-likeness (QED) is 0.743. The second kappa shape index (κ2) is 8.16. The Morgan fingerprint density at radius 3 is 2.61 bits per heavy atom. The lowest BCUT2D eigenvalue weighted by atomic mass is 10.1. The van der Waals surface area contributed by atoms with E-state index in [0.717, 1.165) is 12.2 Å². The van der Waals surface area contributed by atoms with Gasteiger partial charge in [0.25, 0.3) is 0 Å². The molecule has 0 heterocycles. The molecular weight excluding hydrogens is 244 g/mol. The zero-order valence-electron chi connectivity index (χ0n) is 11.1. The standard InChI is InChI=1S/C14H22N2OS/c1-3-18-13-6-4-12(5-7-13)8-9-16-14(17)11(2)10-15/h4-7,11H,3,8-10,15H2,1-2H3,(H,16,17). The van der Waals surface area contributed by atoms with Crippen LogP contribution in [0.25, 0.3) is 0 Å². The van der Waals surface area contributed by atoms with Gasteiger partial charge in [-0.05, 0) is 29.9 Å². The Morgan fingerprint density at radius 1 is 1.39 bits per heavy atom. The zero-order chi connectivity index (χ0) is 13.4. The number of nitrogens with one attached hydrogen (secondary N) is 1. The van der Waals surface area contributed by atoms with Gasteiger partial charge in [-0.1, -0.05) is 26.0 Å². The fraction of sp³-hybridized carbons (Fsp3) is 0.500. The van der Waals surface area contributed by atoms with Gasteiger partial charge in [-0.15, -0.1) is 11.8 Å². The summed E-state index contributed by atoms with van der Waals surface area (Å²) in [5.74, 6) is 1.02. The minimum atomic E-state index is -0.103. The third-order valence-electron chi connectivity index (χ3n) is 2.75. The summed E-state index contributed by atoms with van der Waals surface area (Å²) in [5.41, 5.74) is 6.68. The molecule has 0 bridgehead atoms. The molecule has 1 unspecified atom stereocenters. The topological polar surface area (TPSA) is 55.1 Å². The van der Waals surface area contributed by atoms with Crippen molar-refractivity contribution in [1.29, 1.82) is 0 Å². The van der Waals surface area contributed by atoms with Crippen LogP contribution >= 0.6 is 11.8 Å². The molecule has 100 valence electrons. The molecule has 0 aliphatic rings. The van der Waals surface area contributed by atoms with Crippen molar-refractivity contribution in [1.82, 2.24) is 5.32 Å². The van der Waals surface area contributed by atoms with Crippen LogP contribution in [0.15, 0.2) is 29.2 Å². The number of carbonyl (C=O) groups is 1. The van der Waals surface area contributed by atoms with Crippen LogP contribution in [0.2, 0.25) is 0 Å². The summed E-state index contributed by atoms with van der Waals surface area (Å²) in [6.45, 7) is 5.05. The molecule has 0 saturated heterocycles. The van der Waals surface area contributed by atoms with Crippen molar-refractivity contribution in [2.45, 2.75) is 25.2 Å². The summed E-state index contributed by atoms with van der Waals surface area (Å²) >= 11 is 1.84. The molecule has 1 rings (SSSR count). The van der Waals surface area contributed by atoms with Crippen LogP contribution in [0.5, 0.6) is 0 Å². The van der Waals surface area contributed by atoms with Crippen molar-refractivity contribution in [2.75, 3.05) is 18.8 Å². The van der Waals surface area contributed by atoms with Gasteiger partial charge in [0.1, 0.15) is 0 Å². The fourth-order valence-electron chi connectivity index (χ4n) is 1.53. The number of carbonyl (C=O) groups excluding carboxylic acids is 1. The van der Waals surface area contributed by atoms with Gasteiger partial charge in [0.05, 0.1) is 0 Å². The lowest BCUT2D eigenvalue weighted by Gasteiger charge is -2.10. The van der Waals surface area contributed by atoms with E-state index >= 15 is 0 Å². The molecule has 1 amide bonds. The van der Waals surface area contributed by atoms with E-state index in [1.54, 1.807) is 0 Å². The maximum atomic E-state index is 11.5. The predicted octanol–water partition coefficient (Wildman–Crippen LogP) is 2.05. The molecule has 1 aromatic rings. The van der Waals surface area contributed by atoms with Gasteiger partial charge in [0, 0.05) is 23.9 Å². The van der Waals surface area contributed by atoms with Crippen LogP contribution in [0.1, 0.15) is 19.4 Å². The highest BCUT2D eigenvalue weighted by Crippen LogP contribution is 2.17. The van der Waals surface area contributed by atoms with Crippen LogP contribution in [0.3, 0.4) is 0 Å². The van der Waals surface area contributed by atoms with Gasteiger partial charge in [-0.3, -0.25) is 4.79 Å². The Hall–Kier alpha value is -1.00. The molecule has 1 aromatic carbocycles. The summed E-state index contributed by atoms with van der Waals surface area (Å²) in [6.07, 6.45) is 0.861. The van der Waals surface area contributed by atoms with Crippen molar-refractivity contribution >= 4 is 17.7 Å². The number of rotatable bonds is 7. The minimum Gasteiger partial charge on any atom is -0.355 e. The monoisotopic (exact) mass is 266 g/mol. The Balaban J connectivity index is 2.33. The first-order chi connectivity index (χ1) is 8.67. The lowest BCUT2D eigenvalue weighted by molar-refractivity contribution is -0.124. The van der Waals surface area contributed by atoms with Gasteiger partial charge in [0.2, 0.25) is 5.91 Å². The Morgan fingerprint density at radius 2 is 2.06 bits per heavy atom. The Bertz CT molecular complexity index is 365. The van der Waals surface area contributed by atoms with Crippen LogP contribution < -0.4 is 11.1 Å². The summed E-state index contributed by atoms with van der Waals surface area (Å²) < 4.78 is 0. The number of thioether (sulfide) groups is 1. The number of benzene rings is 1. The molecule has 0 aliphatic carbocycles. The second-order valence-corrected chi connectivity index (χ2v) is 5.59. The highest BCUT2D eigenvalue weighted by atomic mass is 32.2. The lowest BCUT2D eigenvalue weighted by Crippen LogP contribution is -2.34. The van der Waals surface area contributed by atoms with Gasteiger partial charge in [-0.2, -0.15) is 0 Å². The van der Waals surface area contributed by atoms with Gasteiger partial charge in [-0.25, -0.2) is 0 Å². The van der Waals surface area contributed by atoms with Crippen LogP contribution in [-0.2, 0) is 11.2 Å². The van der Waals surface area contributed by atoms with Crippen molar-refractivity contribution in [3.8, 4) is 0 Å². The molecule has 0 aliphatic heterocycles. The van der Waals surface area contributed by atoms with E-state index in [9.17, 15) is 4.79 Å². The molecule has 4 heteroatoms. The molecule has 0 spiro atoms. The maximum absolute atomic E-state index is 11.5. The van der Waals surface area contributed by atoms with E-state index in [1.807, 2.05) is 18.7 Å². The van der Waals surface area contributed by atoms with E-state index in [1.165, 1.54) is 10.5 Å². The molecule has 0 fully saturated rings. The van der Waals surface area contributed by atoms with Gasteiger partial charge in [0.15, 0.2) is 0 Å².